The van der Waals surface area contributed by atoms with Crippen LogP contribution < -0.4 is 4.90 Å². The molecule has 0 bridgehead atoms. The minimum atomic E-state index is -3.73. The topological polar surface area (TPSA) is 59.5 Å². The summed E-state index contributed by atoms with van der Waals surface area (Å²) in [6.07, 6.45) is 1.46. The number of morpholine rings is 1. The summed E-state index contributed by atoms with van der Waals surface area (Å²) in [7, 11) is -3.73. The van der Waals surface area contributed by atoms with Crippen LogP contribution >= 0.6 is 11.6 Å². The molecular weight excluding hydrogens is 372 g/mol. The van der Waals surface area contributed by atoms with Crippen LogP contribution in [0.25, 0.3) is 10.9 Å². The van der Waals surface area contributed by atoms with E-state index >= 15 is 0 Å². The lowest BCUT2D eigenvalue weighted by molar-refractivity contribution is 0.122. The fourth-order valence-electron chi connectivity index (χ4n) is 3.16. The molecule has 3 aromatic rings. The van der Waals surface area contributed by atoms with Gasteiger partial charge in [0.2, 0.25) is 9.84 Å². The number of para-hydroxylation sites is 1. The lowest BCUT2D eigenvalue weighted by Gasteiger charge is -2.31. The summed E-state index contributed by atoms with van der Waals surface area (Å²) in [5.41, 5.74) is 1.46. The van der Waals surface area contributed by atoms with Crippen molar-refractivity contribution in [2.24, 2.45) is 0 Å². The first-order valence-electron chi connectivity index (χ1n) is 8.28. The third kappa shape index (κ3) is 3.05. The Kier molecular flexibility index (Phi) is 4.56. The number of aromatic nitrogens is 1. The highest BCUT2D eigenvalue weighted by molar-refractivity contribution is 7.91. The van der Waals surface area contributed by atoms with Gasteiger partial charge in [0, 0.05) is 29.7 Å². The van der Waals surface area contributed by atoms with Crippen molar-refractivity contribution in [3.63, 3.8) is 0 Å². The van der Waals surface area contributed by atoms with Crippen LogP contribution in [0.3, 0.4) is 0 Å². The van der Waals surface area contributed by atoms with Crippen LogP contribution in [0.1, 0.15) is 0 Å². The summed E-state index contributed by atoms with van der Waals surface area (Å²) in [5, 5.41) is 1.32. The minimum absolute atomic E-state index is 0.202. The van der Waals surface area contributed by atoms with E-state index in [0.717, 1.165) is 10.9 Å². The van der Waals surface area contributed by atoms with Crippen molar-refractivity contribution in [3.05, 3.63) is 59.8 Å². The summed E-state index contributed by atoms with van der Waals surface area (Å²) in [6.45, 7) is 2.41. The van der Waals surface area contributed by atoms with Crippen LogP contribution in [0.5, 0.6) is 0 Å². The number of anilines is 1. The van der Waals surface area contributed by atoms with E-state index in [-0.39, 0.29) is 9.79 Å². The number of halogens is 1. The highest BCUT2D eigenvalue weighted by Gasteiger charge is 2.27. The standard InChI is InChI=1S/C19H17ClN2O3S/c20-14-5-7-15(8-6-14)26(23,24)18-13-21-17-4-2-1-3-16(17)19(18)22-9-11-25-12-10-22/h1-8,13H,9-12H2. The molecule has 4 rings (SSSR count). The summed E-state index contributed by atoms with van der Waals surface area (Å²) in [4.78, 5) is 6.86. The van der Waals surface area contributed by atoms with Gasteiger partial charge in [-0.15, -0.1) is 0 Å². The minimum Gasteiger partial charge on any atom is -0.378 e. The molecular formula is C19H17ClN2O3S. The second kappa shape index (κ2) is 6.87. The monoisotopic (exact) mass is 388 g/mol. The van der Waals surface area contributed by atoms with E-state index in [1.807, 2.05) is 24.3 Å². The van der Waals surface area contributed by atoms with Crippen molar-refractivity contribution in [1.29, 1.82) is 0 Å². The molecule has 2 aromatic carbocycles. The number of fused-ring (bicyclic) bond motifs is 1. The Labute approximate surface area is 157 Å². The molecule has 0 aliphatic carbocycles. The van der Waals surface area contributed by atoms with Crippen molar-refractivity contribution in [3.8, 4) is 0 Å². The third-order valence-corrected chi connectivity index (χ3v) is 6.48. The summed E-state index contributed by atoms with van der Waals surface area (Å²) in [6, 6.07) is 13.8. The Morgan fingerprint density at radius 2 is 1.69 bits per heavy atom. The molecule has 1 saturated heterocycles. The highest BCUT2D eigenvalue weighted by Crippen LogP contribution is 2.36. The Morgan fingerprint density at radius 3 is 2.42 bits per heavy atom. The van der Waals surface area contributed by atoms with E-state index in [1.54, 1.807) is 12.1 Å². The van der Waals surface area contributed by atoms with E-state index in [2.05, 4.69) is 9.88 Å². The number of pyridine rings is 1. The number of ether oxygens (including phenoxy) is 1. The number of nitrogens with zero attached hydrogens (tertiary/aromatic N) is 2. The second-order valence-corrected chi connectivity index (χ2v) is 8.40. The first kappa shape index (κ1) is 17.3. The van der Waals surface area contributed by atoms with Crippen molar-refractivity contribution < 1.29 is 13.2 Å². The largest absolute Gasteiger partial charge is 0.378 e. The van der Waals surface area contributed by atoms with Gasteiger partial charge in [0.15, 0.2) is 0 Å². The predicted octanol–water partition coefficient (Wildman–Crippen LogP) is 3.56. The molecule has 7 heteroatoms. The fraction of sp³-hybridized carbons (Fsp3) is 0.211. The molecule has 0 amide bonds. The van der Waals surface area contributed by atoms with Gasteiger partial charge in [0.05, 0.1) is 29.3 Å². The first-order valence-corrected chi connectivity index (χ1v) is 10.1. The van der Waals surface area contributed by atoms with Gasteiger partial charge in [-0.25, -0.2) is 8.42 Å². The number of rotatable bonds is 3. The molecule has 1 aliphatic rings. The molecule has 1 aromatic heterocycles. The second-order valence-electron chi connectivity index (χ2n) is 6.04. The Hall–Kier alpha value is -2.15. The molecule has 134 valence electrons. The number of hydrogen-bond donors (Lipinski definition) is 0. The summed E-state index contributed by atoms with van der Waals surface area (Å²) in [5.74, 6) is 0. The Bertz CT molecular complexity index is 1050. The maximum absolute atomic E-state index is 13.3. The Balaban J connectivity index is 1.95. The third-order valence-electron chi connectivity index (χ3n) is 4.45. The lowest BCUT2D eigenvalue weighted by Crippen LogP contribution is -2.37. The number of benzene rings is 2. The zero-order chi connectivity index (χ0) is 18.1. The van der Waals surface area contributed by atoms with E-state index in [9.17, 15) is 8.42 Å². The molecule has 0 unspecified atom stereocenters. The smallest absolute Gasteiger partial charge is 0.210 e. The van der Waals surface area contributed by atoms with Crippen LogP contribution in [0, 0.1) is 0 Å². The van der Waals surface area contributed by atoms with Gasteiger partial charge in [0.25, 0.3) is 0 Å². The maximum Gasteiger partial charge on any atom is 0.210 e. The molecule has 26 heavy (non-hydrogen) atoms. The van der Waals surface area contributed by atoms with Gasteiger partial charge < -0.3 is 9.64 Å². The normalized spacial score (nSPS) is 15.3. The zero-order valence-corrected chi connectivity index (χ0v) is 15.5. The van der Waals surface area contributed by atoms with E-state index in [1.165, 1.54) is 18.3 Å². The molecule has 2 heterocycles. The van der Waals surface area contributed by atoms with Crippen LogP contribution in [0.15, 0.2) is 64.5 Å². The van der Waals surface area contributed by atoms with Gasteiger partial charge in [-0.2, -0.15) is 0 Å². The van der Waals surface area contributed by atoms with Gasteiger partial charge >= 0.3 is 0 Å². The molecule has 0 N–H and O–H groups in total. The van der Waals surface area contributed by atoms with Crippen LogP contribution in [0.2, 0.25) is 5.02 Å². The average molecular weight is 389 g/mol. The SMILES string of the molecule is O=S(=O)(c1ccc(Cl)cc1)c1cnc2ccccc2c1N1CCOCC1. The quantitative estimate of drug-likeness (QED) is 0.686. The van der Waals surface area contributed by atoms with Gasteiger partial charge in [-0.3, -0.25) is 4.98 Å². The zero-order valence-electron chi connectivity index (χ0n) is 13.9. The van der Waals surface area contributed by atoms with Crippen LogP contribution in [-0.4, -0.2) is 39.7 Å². The number of sulfone groups is 1. The van der Waals surface area contributed by atoms with Crippen molar-refractivity contribution in [2.45, 2.75) is 9.79 Å². The van der Waals surface area contributed by atoms with Crippen molar-refractivity contribution in [2.75, 3.05) is 31.2 Å². The summed E-state index contributed by atoms with van der Waals surface area (Å²) >= 11 is 5.91. The molecule has 5 nitrogen and oxygen atoms in total. The van der Waals surface area contributed by atoms with Gasteiger partial charge in [-0.1, -0.05) is 29.8 Å². The van der Waals surface area contributed by atoms with Crippen LogP contribution in [-0.2, 0) is 14.6 Å². The van der Waals surface area contributed by atoms with Crippen molar-refractivity contribution in [1.82, 2.24) is 4.98 Å². The Morgan fingerprint density at radius 1 is 1.00 bits per heavy atom. The molecule has 1 aliphatic heterocycles. The first-order chi connectivity index (χ1) is 12.6. The van der Waals surface area contributed by atoms with E-state index in [4.69, 9.17) is 16.3 Å². The number of hydrogen-bond acceptors (Lipinski definition) is 5. The lowest BCUT2D eigenvalue weighted by atomic mass is 10.1. The molecule has 0 atom stereocenters. The maximum atomic E-state index is 13.3. The molecule has 1 fully saturated rings. The highest BCUT2D eigenvalue weighted by atomic mass is 35.5. The fourth-order valence-corrected chi connectivity index (χ4v) is 4.72. The predicted molar refractivity (Wildman–Crippen MR) is 102 cm³/mol. The van der Waals surface area contributed by atoms with Gasteiger partial charge in [-0.05, 0) is 30.3 Å². The molecule has 0 spiro atoms. The summed E-state index contributed by atoms with van der Waals surface area (Å²) < 4.78 is 32.1. The van der Waals surface area contributed by atoms with Crippen molar-refractivity contribution >= 4 is 38.0 Å². The molecule has 0 saturated carbocycles. The van der Waals surface area contributed by atoms with Gasteiger partial charge in [0.1, 0.15) is 4.90 Å². The van der Waals surface area contributed by atoms with E-state index < -0.39 is 9.84 Å². The average Bonchev–Trinajstić information content (AvgIpc) is 2.68. The molecule has 0 radical (unpaired) electrons. The van der Waals surface area contributed by atoms with Crippen LogP contribution in [0.4, 0.5) is 5.69 Å². The van der Waals surface area contributed by atoms with E-state index in [0.29, 0.717) is 37.0 Å².